The van der Waals surface area contributed by atoms with E-state index in [1.807, 2.05) is 0 Å². The second-order valence-corrected chi connectivity index (χ2v) is 3.79. The predicted octanol–water partition coefficient (Wildman–Crippen LogP) is 1.91. The third-order valence-corrected chi connectivity index (χ3v) is 2.20. The second kappa shape index (κ2) is 8.27. The van der Waals surface area contributed by atoms with Crippen molar-refractivity contribution in [1.82, 2.24) is 5.32 Å². The first kappa shape index (κ1) is 16.1. The molecule has 0 heterocycles. The first-order valence-electron chi connectivity index (χ1n) is 5.53. The molecule has 0 aliphatic carbocycles. The van der Waals surface area contributed by atoms with Crippen LogP contribution in [0.3, 0.4) is 0 Å². The van der Waals surface area contributed by atoms with Gasteiger partial charge in [0.15, 0.2) is 0 Å². The van der Waals surface area contributed by atoms with Crippen LogP contribution in [0.25, 0.3) is 0 Å². The maximum Gasteiger partial charge on any atom is 0.324 e. The van der Waals surface area contributed by atoms with Crippen LogP contribution < -0.4 is 11.1 Å². The lowest BCUT2D eigenvalue weighted by Gasteiger charge is -2.15. The highest BCUT2D eigenvalue weighted by molar-refractivity contribution is 5.75. The Morgan fingerprint density at radius 2 is 1.76 bits per heavy atom. The molecule has 0 rings (SSSR count). The van der Waals surface area contributed by atoms with Gasteiger partial charge in [0.2, 0.25) is 5.91 Å². The SMILES string of the molecule is NCCCCCCC(=O)NCC(F)(F)C(F)F. The molecule has 0 bridgehead atoms. The molecule has 3 N–H and O–H groups in total. The minimum absolute atomic E-state index is 0.0733. The lowest BCUT2D eigenvalue weighted by Crippen LogP contribution is -2.41. The average molecular weight is 258 g/mol. The quantitative estimate of drug-likeness (QED) is 0.490. The lowest BCUT2D eigenvalue weighted by atomic mass is 10.1. The van der Waals surface area contributed by atoms with Crippen molar-refractivity contribution >= 4 is 5.91 Å². The van der Waals surface area contributed by atoms with Gasteiger partial charge in [-0.05, 0) is 19.4 Å². The van der Waals surface area contributed by atoms with Gasteiger partial charge >= 0.3 is 12.3 Å². The van der Waals surface area contributed by atoms with Crippen molar-refractivity contribution in [2.45, 2.75) is 44.5 Å². The molecule has 3 nitrogen and oxygen atoms in total. The Bertz CT molecular complexity index is 224. The Kier molecular flexibility index (Phi) is 7.86. The van der Waals surface area contributed by atoms with Crippen LogP contribution in [-0.4, -0.2) is 31.3 Å². The summed E-state index contributed by atoms with van der Waals surface area (Å²) in [4.78, 5) is 11.0. The van der Waals surface area contributed by atoms with Gasteiger partial charge in [-0.1, -0.05) is 12.8 Å². The number of unbranched alkanes of at least 4 members (excludes halogenated alkanes) is 3. The van der Waals surface area contributed by atoms with E-state index in [0.29, 0.717) is 13.0 Å². The molecule has 0 spiro atoms. The van der Waals surface area contributed by atoms with Crippen molar-refractivity contribution in [3.8, 4) is 0 Å². The van der Waals surface area contributed by atoms with Gasteiger partial charge in [-0.25, -0.2) is 8.78 Å². The molecule has 0 aliphatic heterocycles. The van der Waals surface area contributed by atoms with E-state index in [1.165, 1.54) is 0 Å². The van der Waals surface area contributed by atoms with Gasteiger partial charge in [-0.15, -0.1) is 0 Å². The predicted molar refractivity (Wildman–Crippen MR) is 56.1 cm³/mol. The van der Waals surface area contributed by atoms with Gasteiger partial charge in [-0.2, -0.15) is 8.78 Å². The second-order valence-electron chi connectivity index (χ2n) is 3.79. The summed E-state index contributed by atoms with van der Waals surface area (Å²) in [5.41, 5.74) is 5.26. The highest BCUT2D eigenvalue weighted by Gasteiger charge is 2.40. The number of nitrogens with two attached hydrogens (primary N) is 1. The minimum Gasteiger partial charge on any atom is -0.350 e. The summed E-state index contributed by atoms with van der Waals surface area (Å²) < 4.78 is 48.3. The largest absolute Gasteiger partial charge is 0.350 e. The normalized spacial score (nSPS) is 11.9. The number of halogens is 4. The van der Waals surface area contributed by atoms with Crippen molar-refractivity contribution < 1.29 is 22.4 Å². The summed E-state index contributed by atoms with van der Waals surface area (Å²) in [7, 11) is 0. The van der Waals surface area contributed by atoms with Crippen LogP contribution in [0.5, 0.6) is 0 Å². The summed E-state index contributed by atoms with van der Waals surface area (Å²) in [5, 5.41) is 1.80. The van der Waals surface area contributed by atoms with Gasteiger partial charge in [-0.3, -0.25) is 4.79 Å². The smallest absolute Gasteiger partial charge is 0.324 e. The zero-order valence-electron chi connectivity index (χ0n) is 9.52. The molecule has 0 aromatic heterocycles. The van der Waals surface area contributed by atoms with E-state index in [0.717, 1.165) is 19.3 Å². The van der Waals surface area contributed by atoms with E-state index in [1.54, 1.807) is 5.32 Å². The van der Waals surface area contributed by atoms with Crippen LogP contribution in [0.15, 0.2) is 0 Å². The fourth-order valence-electron chi connectivity index (χ4n) is 1.17. The highest BCUT2D eigenvalue weighted by atomic mass is 19.3. The van der Waals surface area contributed by atoms with Gasteiger partial charge < -0.3 is 11.1 Å². The van der Waals surface area contributed by atoms with E-state index in [-0.39, 0.29) is 6.42 Å². The molecule has 0 aliphatic rings. The third-order valence-electron chi connectivity index (χ3n) is 2.20. The molecule has 0 saturated carbocycles. The van der Waals surface area contributed by atoms with Crippen molar-refractivity contribution in [3.05, 3.63) is 0 Å². The molecule has 7 heteroatoms. The maximum atomic E-state index is 12.4. The molecule has 0 fully saturated rings. The van der Waals surface area contributed by atoms with E-state index in [4.69, 9.17) is 5.73 Å². The molecule has 0 atom stereocenters. The van der Waals surface area contributed by atoms with Crippen molar-refractivity contribution in [2.75, 3.05) is 13.1 Å². The molecule has 1 amide bonds. The standard InChI is InChI=1S/C10H18F4N2O/c11-9(12)10(13,14)7-16-8(17)5-3-1-2-4-6-15/h9H,1-7,15H2,(H,16,17). The fourth-order valence-corrected chi connectivity index (χ4v) is 1.17. The number of carbonyl (C=O) groups is 1. The number of nitrogens with one attached hydrogen (secondary N) is 1. The van der Waals surface area contributed by atoms with Crippen LogP contribution in [-0.2, 0) is 4.79 Å². The summed E-state index contributed by atoms with van der Waals surface area (Å²) in [6.07, 6.45) is -0.638. The van der Waals surface area contributed by atoms with Crippen LogP contribution in [0.1, 0.15) is 32.1 Å². The van der Waals surface area contributed by atoms with E-state index in [2.05, 4.69) is 0 Å². The Balaban J connectivity index is 3.60. The van der Waals surface area contributed by atoms with Crippen molar-refractivity contribution in [2.24, 2.45) is 5.73 Å². The zero-order chi connectivity index (χ0) is 13.3. The topological polar surface area (TPSA) is 55.1 Å². The number of amides is 1. The summed E-state index contributed by atoms with van der Waals surface area (Å²) >= 11 is 0. The number of rotatable bonds is 9. The molecule has 0 unspecified atom stereocenters. The van der Waals surface area contributed by atoms with Crippen molar-refractivity contribution in [1.29, 1.82) is 0 Å². The number of carbonyl (C=O) groups excluding carboxylic acids is 1. The molecular formula is C10H18F4N2O. The van der Waals surface area contributed by atoms with Gasteiger partial charge in [0.05, 0.1) is 6.54 Å². The molecular weight excluding hydrogens is 240 g/mol. The maximum absolute atomic E-state index is 12.4. The van der Waals surface area contributed by atoms with Crippen LogP contribution >= 0.6 is 0 Å². The number of alkyl halides is 4. The average Bonchev–Trinajstić information content (AvgIpc) is 2.26. The van der Waals surface area contributed by atoms with E-state index >= 15 is 0 Å². The molecule has 0 saturated heterocycles. The molecule has 0 aromatic carbocycles. The van der Waals surface area contributed by atoms with Crippen LogP contribution in [0, 0.1) is 0 Å². The van der Waals surface area contributed by atoms with E-state index in [9.17, 15) is 22.4 Å². The monoisotopic (exact) mass is 258 g/mol. The third kappa shape index (κ3) is 7.95. The van der Waals surface area contributed by atoms with Gasteiger partial charge in [0.1, 0.15) is 0 Å². The molecule has 0 aromatic rings. The number of hydrogen-bond acceptors (Lipinski definition) is 2. The summed E-state index contributed by atoms with van der Waals surface area (Å²) in [6.45, 7) is -0.737. The van der Waals surface area contributed by atoms with Crippen LogP contribution in [0.4, 0.5) is 17.6 Å². The van der Waals surface area contributed by atoms with Gasteiger partial charge in [0.25, 0.3) is 0 Å². The Labute approximate surface area is 97.7 Å². The fraction of sp³-hybridized carbons (Fsp3) is 0.900. The first-order valence-corrected chi connectivity index (χ1v) is 5.53. The lowest BCUT2D eigenvalue weighted by molar-refractivity contribution is -0.136. The molecule has 102 valence electrons. The Morgan fingerprint density at radius 1 is 1.18 bits per heavy atom. The van der Waals surface area contributed by atoms with E-state index < -0.39 is 24.8 Å². The summed E-state index contributed by atoms with van der Waals surface area (Å²) in [5.74, 6) is -4.78. The van der Waals surface area contributed by atoms with Crippen molar-refractivity contribution in [3.63, 3.8) is 0 Å². The Morgan fingerprint density at radius 3 is 2.29 bits per heavy atom. The zero-order valence-corrected chi connectivity index (χ0v) is 9.52. The first-order chi connectivity index (χ1) is 7.90. The van der Waals surface area contributed by atoms with Gasteiger partial charge in [0, 0.05) is 6.42 Å². The minimum atomic E-state index is -4.16. The molecule has 0 radical (unpaired) electrons. The number of hydrogen-bond donors (Lipinski definition) is 2. The summed E-state index contributed by atoms with van der Waals surface area (Å²) in [6, 6.07) is 0. The Hall–Kier alpha value is -0.850. The molecule has 17 heavy (non-hydrogen) atoms. The highest BCUT2D eigenvalue weighted by Crippen LogP contribution is 2.21. The van der Waals surface area contributed by atoms with Crippen LogP contribution in [0.2, 0.25) is 0 Å².